The topological polar surface area (TPSA) is 26.0 Å². The van der Waals surface area contributed by atoms with Crippen LogP contribution in [0, 0.1) is 0 Å². The molecule has 0 aliphatic heterocycles. The van der Waals surface area contributed by atoms with E-state index in [2.05, 4.69) is 22.7 Å². The third-order valence-corrected chi connectivity index (χ3v) is 5.74. The van der Waals surface area contributed by atoms with Crippen LogP contribution in [0.1, 0.15) is 6.42 Å². The molecule has 0 heterocycles. The summed E-state index contributed by atoms with van der Waals surface area (Å²) in [6, 6.07) is 0.266. The van der Waals surface area contributed by atoms with Crippen molar-refractivity contribution >= 4 is 31.6 Å². The number of rotatable bonds is 5. The van der Waals surface area contributed by atoms with E-state index in [0.717, 1.165) is 12.2 Å². The van der Waals surface area contributed by atoms with Crippen LogP contribution < -0.4 is 5.73 Å². The van der Waals surface area contributed by atoms with Gasteiger partial charge in [0, 0.05) is 0 Å². The van der Waals surface area contributed by atoms with Crippen LogP contribution in [-0.4, -0.2) is 27.9 Å². The Bertz CT molecular complexity index is 125. The Morgan fingerprint density at radius 3 is 2.55 bits per heavy atom. The zero-order valence-electron chi connectivity index (χ0n) is 7.56. The van der Waals surface area contributed by atoms with Crippen molar-refractivity contribution in [2.24, 2.45) is 5.73 Å². The van der Waals surface area contributed by atoms with Crippen LogP contribution in [0.25, 0.3) is 0 Å². The summed E-state index contributed by atoms with van der Waals surface area (Å²) in [4.78, 5) is 4.59. The van der Waals surface area contributed by atoms with Gasteiger partial charge in [-0.2, -0.15) is 0 Å². The summed E-state index contributed by atoms with van der Waals surface area (Å²) in [6.07, 6.45) is 3.21. The molecule has 0 saturated carbocycles. The molecule has 0 unspecified atom stereocenters. The Morgan fingerprint density at radius 2 is 2.18 bits per heavy atom. The monoisotopic (exact) mass is 287 g/mol. The van der Waals surface area contributed by atoms with Crippen molar-refractivity contribution in [1.82, 2.24) is 0 Å². The molecular formula is C8H18INS. The zero-order chi connectivity index (χ0) is 8.85. The zero-order valence-corrected chi connectivity index (χ0v) is 10.5. The molecule has 0 aromatic heterocycles. The average molecular weight is 287 g/mol. The fraction of sp³-hybridized carbons (Fsp3) is 0.750. The van der Waals surface area contributed by atoms with Gasteiger partial charge in [0.2, 0.25) is 0 Å². The molecule has 0 aliphatic rings. The molecule has 68 valence electrons. The summed E-state index contributed by atoms with van der Waals surface area (Å²) >= 11 is 1.01. The van der Waals surface area contributed by atoms with Gasteiger partial charge >= 0.3 is 81.8 Å². The Morgan fingerprint density at radius 1 is 1.64 bits per heavy atom. The van der Waals surface area contributed by atoms with Crippen LogP contribution in [0.2, 0.25) is 0 Å². The molecule has 0 saturated heterocycles. The van der Waals surface area contributed by atoms with E-state index >= 15 is 0 Å². The van der Waals surface area contributed by atoms with Gasteiger partial charge in [-0.05, 0) is 0 Å². The van der Waals surface area contributed by atoms with Gasteiger partial charge in [0.1, 0.15) is 0 Å². The molecule has 0 radical (unpaired) electrons. The predicted octanol–water partition coefficient (Wildman–Crippen LogP) is 2.35. The van der Waals surface area contributed by atoms with Crippen LogP contribution in [0.3, 0.4) is 0 Å². The summed E-state index contributed by atoms with van der Waals surface area (Å²) < 4.78 is 1.34. The van der Waals surface area contributed by atoms with E-state index in [1.54, 1.807) is 0 Å². The van der Waals surface area contributed by atoms with E-state index in [4.69, 9.17) is 5.73 Å². The van der Waals surface area contributed by atoms with E-state index < -0.39 is 19.8 Å². The number of alkyl halides is 2. The maximum absolute atomic E-state index is 5.93. The fourth-order valence-electron chi connectivity index (χ4n) is 0.682. The molecule has 0 aromatic rings. The van der Waals surface area contributed by atoms with Crippen molar-refractivity contribution in [2.45, 2.75) is 12.5 Å². The Hall–Kier alpha value is 0.780. The first-order valence-corrected chi connectivity index (χ1v) is 10.3. The molecule has 0 rings (SSSR count). The van der Waals surface area contributed by atoms with E-state index in [1.807, 2.05) is 11.8 Å². The third-order valence-electron chi connectivity index (χ3n) is 1.52. The van der Waals surface area contributed by atoms with Crippen molar-refractivity contribution in [1.29, 1.82) is 0 Å². The number of halogens is 1. The Labute approximate surface area is 81.6 Å². The molecular weight excluding hydrogens is 269 g/mol. The SMILES string of the molecule is C=C([C@@H](N)CCSC)I(C)C. The Kier molecular flexibility index (Phi) is 6.76. The molecule has 0 spiro atoms. The number of hydrogen-bond donors (Lipinski definition) is 1. The van der Waals surface area contributed by atoms with Gasteiger partial charge in [-0.3, -0.25) is 0 Å². The molecule has 0 amide bonds. The predicted molar refractivity (Wildman–Crippen MR) is 66.0 cm³/mol. The third kappa shape index (κ3) is 5.09. The van der Waals surface area contributed by atoms with Crippen molar-refractivity contribution in [3.8, 4) is 0 Å². The standard InChI is InChI=1S/C8H18INS/c1-7(9(2)3)8(10)5-6-11-4/h8H,1,5-6,10H2,2-4H3/t8-/m0/s1. The van der Waals surface area contributed by atoms with Crippen molar-refractivity contribution in [3.05, 3.63) is 10.2 Å². The van der Waals surface area contributed by atoms with E-state index in [9.17, 15) is 0 Å². The summed E-state index contributed by atoms with van der Waals surface area (Å²) in [5.74, 6) is 1.16. The van der Waals surface area contributed by atoms with E-state index in [0.29, 0.717) is 0 Å². The van der Waals surface area contributed by atoms with Gasteiger partial charge in [0.15, 0.2) is 0 Å². The molecule has 2 N–H and O–H groups in total. The molecule has 0 bridgehead atoms. The number of nitrogens with two attached hydrogens (primary N) is 1. The van der Waals surface area contributed by atoms with Crippen molar-refractivity contribution in [3.63, 3.8) is 0 Å². The summed E-state index contributed by atoms with van der Waals surface area (Å²) in [6.45, 7) is 4.04. The van der Waals surface area contributed by atoms with Crippen LogP contribution in [0.4, 0.5) is 0 Å². The van der Waals surface area contributed by atoms with E-state index in [1.165, 1.54) is 3.58 Å². The van der Waals surface area contributed by atoms with Crippen LogP contribution in [0.5, 0.6) is 0 Å². The van der Waals surface area contributed by atoms with Gasteiger partial charge in [0.25, 0.3) is 0 Å². The first-order chi connectivity index (χ1) is 5.09. The first-order valence-electron chi connectivity index (χ1n) is 3.53. The van der Waals surface area contributed by atoms with Gasteiger partial charge in [-0.15, -0.1) is 0 Å². The summed E-state index contributed by atoms with van der Waals surface area (Å²) in [5, 5.41) is 0. The molecule has 0 aromatic carbocycles. The molecule has 1 atom stereocenters. The summed E-state index contributed by atoms with van der Waals surface area (Å²) in [5.41, 5.74) is 5.93. The molecule has 3 heteroatoms. The van der Waals surface area contributed by atoms with Gasteiger partial charge in [-0.25, -0.2) is 0 Å². The Balaban J connectivity index is 3.64. The fourth-order valence-corrected chi connectivity index (χ4v) is 3.08. The molecule has 1 nitrogen and oxygen atoms in total. The average Bonchev–Trinajstić information content (AvgIpc) is 1.98. The minimum absolute atomic E-state index is 0.266. The normalized spacial score (nSPS) is 14.4. The van der Waals surface area contributed by atoms with Gasteiger partial charge in [-0.1, -0.05) is 0 Å². The maximum atomic E-state index is 5.93. The first kappa shape index (κ1) is 11.8. The molecule has 0 aliphatic carbocycles. The molecule has 11 heavy (non-hydrogen) atoms. The van der Waals surface area contributed by atoms with Crippen LogP contribution in [0.15, 0.2) is 10.2 Å². The number of thioether (sulfide) groups is 1. The quantitative estimate of drug-likeness (QED) is 0.620. The minimum atomic E-state index is -0.849. The molecule has 0 fully saturated rings. The van der Waals surface area contributed by atoms with Crippen LogP contribution >= 0.6 is 31.6 Å². The second-order valence-electron chi connectivity index (χ2n) is 2.59. The van der Waals surface area contributed by atoms with E-state index in [-0.39, 0.29) is 6.04 Å². The second-order valence-corrected chi connectivity index (χ2v) is 9.28. The summed E-state index contributed by atoms with van der Waals surface area (Å²) in [7, 11) is 0. The number of hydrogen-bond acceptors (Lipinski definition) is 2. The van der Waals surface area contributed by atoms with Crippen molar-refractivity contribution in [2.75, 3.05) is 21.9 Å². The van der Waals surface area contributed by atoms with Crippen LogP contribution in [-0.2, 0) is 0 Å². The second kappa shape index (κ2) is 6.31. The van der Waals surface area contributed by atoms with Gasteiger partial charge < -0.3 is 0 Å². The van der Waals surface area contributed by atoms with Crippen molar-refractivity contribution < 1.29 is 0 Å². The van der Waals surface area contributed by atoms with Gasteiger partial charge in [0.05, 0.1) is 0 Å².